The van der Waals surface area contributed by atoms with E-state index in [-0.39, 0.29) is 17.8 Å². The molecule has 1 aliphatic heterocycles. The first-order chi connectivity index (χ1) is 11.6. The summed E-state index contributed by atoms with van der Waals surface area (Å²) in [5.41, 5.74) is 0.849. The molecule has 2 aromatic heterocycles. The van der Waals surface area contributed by atoms with Crippen LogP contribution in [0.1, 0.15) is 60.8 Å². The molecule has 24 heavy (non-hydrogen) atoms. The Morgan fingerprint density at radius 1 is 1.42 bits per heavy atom. The first-order valence-corrected chi connectivity index (χ1v) is 8.35. The van der Waals surface area contributed by atoms with Gasteiger partial charge in [0.25, 0.3) is 5.91 Å². The first kappa shape index (κ1) is 16.6. The van der Waals surface area contributed by atoms with Gasteiger partial charge in [-0.2, -0.15) is 0 Å². The van der Waals surface area contributed by atoms with E-state index >= 15 is 0 Å². The average molecular weight is 333 g/mol. The summed E-state index contributed by atoms with van der Waals surface area (Å²) in [5.74, 6) is 1.17. The van der Waals surface area contributed by atoms with E-state index in [2.05, 4.69) is 29.2 Å². The van der Waals surface area contributed by atoms with E-state index in [1.807, 2.05) is 7.05 Å². The summed E-state index contributed by atoms with van der Waals surface area (Å²) < 4.78 is 12.8. The Labute approximate surface area is 140 Å². The highest BCUT2D eigenvalue weighted by Crippen LogP contribution is 2.25. The quantitative estimate of drug-likeness (QED) is 0.831. The zero-order chi connectivity index (χ0) is 17.1. The van der Waals surface area contributed by atoms with Crippen LogP contribution in [-0.2, 0) is 11.8 Å². The van der Waals surface area contributed by atoms with E-state index in [0.717, 1.165) is 18.5 Å². The smallest absolute Gasteiger partial charge is 0.292 e. The Kier molecular flexibility index (Phi) is 4.94. The summed E-state index contributed by atoms with van der Waals surface area (Å²) in [6.07, 6.45) is 3.29. The van der Waals surface area contributed by atoms with Crippen molar-refractivity contribution in [3.63, 3.8) is 0 Å². The summed E-state index contributed by atoms with van der Waals surface area (Å²) in [7, 11) is 1.86. The molecule has 1 atom stereocenters. The Morgan fingerprint density at radius 3 is 2.88 bits per heavy atom. The second-order valence-corrected chi connectivity index (χ2v) is 6.04. The van der Waals surface area contributed by atoms with Crippen LogP contribution in [0.4, 0.5) is 0 Å². The van der Waals surface area contributed by atoms with E-state index in [1.165, 1.54) is 0 Å². The second-order valence-electron chi connectivity index (χ2n) is 6.04. The number of hydrogen-bond acceptors (Lipinski definition) is 6. The van der Waals surface area contributed by atoms with Gasteiger partial charge < -0.3 is 18.7 Å². The van der Waals surface area contributed by atoms with Crippen molar-refractivity contribution in [1.82, 2.24) is 24.8 Å². The van der Waals surface area contributed by atoms with E-state index in [1.54, 1.807) is 21.9 Å². The molecule has 1 aliphatic rings. The molecule has 1 saturated heterocycles. The lowest BCUT2D eigenvalue weighted by atomic mass is 9.99. The number of morpholine rings is 1. The zero-order valence-electron chi connectivity index (χ0n) is 14.3. The fourth-order valence-electron chi connectivity index (χ4n) is 3.02. The highest BCUT2D eigenvalue weighted by atomic mass is 16.5. The number of hydrogen-bond donors (Lipinski definition) is 0. The molecule has 0 saturated carbocycles. The fourth-order valence-corrected chi connectivity index (χ4v) is 3.02. The Bertz CT molecular complexity index is 691. The number of aromatic nitrogens is 4. The van der Waals surface area contributed by atoms with Crippen LogP contribution in [0, 0.1) is 0 Å². The second kappa shape index (κ2) is 7.12. The molecule has 130 valence electrons. The van der Waals surface area contributed by atoms with Crippen molar-refractivity contribution in [3.8, 4) is 0 Å². The van der Waals surface area contributed by atoms with Crippen LogP contribution in [0.5, 0.6) is 0 Å². The Hall–Kier alpha value is -2.22. The number of amides is 1. The molecule has 8 nitrogen and oxygen atoms in total. The molecule has 1 fully saturated rings. The maximum Gasteiger partial charge on any atom is 0.292 e. The van der Waals surface area contributed by atoms with Gasteiger partial charge in [0, 0.05) is 25.6 Å². The monoisotopic (exact) mass is 333 g/mol. The molecule has 1 amide bonds. The lowest BCUT2D eigenvalue weighted by Gasteiger charge is -2.31. The lowest BCUT2D eigenvalue weighted by molar-refractivity contribution is -0.0291. The largest absolute Gasteiger partial charge is 0.366 e. The van der Waals surface area contributed by atoms with Gasteiger partial charge in [-0.15, -0.1) is 10.2 Å². The molecular formula is C16H23N5O3. The molecule has 8 heteroatoms. The number of ether oxygens (including phenoxy) is 1. The van der Waals surface area contributed by atoms with E-state index < -0.39 is 0 Å². The van der Waals surface area contributed by atoms with Gasteiger partial charge >= 0.3 is 0 Å². The minimum Gasteiger partial charge on any atom is -0.366 e. The highest BCUT2D eigenvalue weighted by molar-refractivity contribution is 5.91. The molecular weight excluding hydrogens is 310 g/mol. The minimum absolute atomic E-state index is 0.157. The number of rotatable bonds is 5. The molecule has 3 heterocycles. The normalized spacial score (nSPS) is 18.3. The summed E-state index contributed by atoms with van der Waals surface area (Å²) in [4.78, 5) is 14.4. The lowest BCUT2D eigenvalue weighted by Crippen LogP contribution is -2.42. The van der Waals surface area contributed by atoms with Gasteiger partial charge in [0.15, 0.2) is 5.82 Å². The SMILES string of the molecule is CCC(CC)c1cc(C(=O)N2CCO[C@H](c3nncn3C)C2)on1. The molecule has 0 aromatic carbocycles. The third kappa shape index (κ3) is 3.19. The topological polar surface area (TPSA) is 86.3 Å². The molecule has 2 aromatic rings. The van der Waals surface area contributed by atoms with E-state index in [4.69, 9.17) is 9.26 Å². The van der Waals surface area contributed by atoms with Gasteiger partial charge in [-0.1, -0.05) is 19.0 Å². The third-order valence-corrected chi connectivity index (χ3v) is 4.53. The van der Waals surface area contributed by atoms with Crippen LogP contribution in [0.15, 0.2) is 16.9 Å². The number of nitrogens with zero attached hydrogens (tertiary/aromatic N) is 5. The zero-order valence-corrected chi connectivity index (χ0v) is 14.3. The van der Waals surface area contributed by atoms with Gasteiger partial charge in [0.05, 0.1) is 18.8 Å². The molecule has 3 rings (SSSR count). The van der Waals surface area contributed by atoms with Crippen LogP contribution in [0.25, 0.3) is 0 Å². The fraction of sp³-hybridized carbons (Fsp3) is 0.625. The van der Waals surface area contributed by atoms with Crippen LogP contribution < -0.4 is 0 Å². The van der Waals surface area contributed by atoms with Crippen molar-refractivity contribution in [3.05, 3.63) is 29.7 Å². The molecule has 0 aliphatic carbocycles. The van der Waals surface area contributed by atoms with Crippen LogP contribution in [-0.4, -0.2) is 50.4 Å². The predicted molar refractivity (Wildman–Crippen MR) is 85.4 cm³/mol. The maximum atomic E-state index is 12.7. The van der Waals surface area contributed by atoms with Gasteiger partial charge in [-0.05, 0) is 12.8 Å². The standard InChI is InChI=1S/C16H23N5O3/c1-4-11(5-2)12-8-13(24-19-12)16(22)21-6-7-23-14(9-21)15-18-17-10-20(15)3/h8,10-11,14H,4-7,9H2,1-3H3/t14-/m0/s1. The van der Waals surface area contributed by atoms with Crippen molar-refractivity contribution in [2.24, 2.45) is 7.05 Å². The third-order valence-electron chi connectivity index (χ3n) is 4.53. The predicted octanol–water partition coefficient (Wildman–Crippen LogP) is 1.92. The minimum atomic E-state index is -0.281. The molecule has 0 radical (unpaired) electrons. The first-order valence-electron chi connectivity index (χ1n) is 8.35. The summed E-state index contributed by atoms with van der Waals surface area (Å²) in [6.45, 7) is 5.62. The summed E-state index contributed by atoms with van der Waals surface area (Å²) in [6, 6.07) is 1.77. The summed E-state index contributed by atoms with van der Waals surface area (Å²) in [5, 5.41) is 12.0. The van der Waals surface area contributed by atoms with Gasteiger partial charge in [0.2, 0.25) is 5.76 Å². The number of carbonyl (C=O) groups excluding carboxylic acids is 1. The Balaban J connectivity index is 1.72. The van der Waals surface area contributed by atoms with Crippen molar-refractivity contribution in [2.45, 2.75) is 38.7 Å². The molecule has 0 unspecified atom stereocenters. The molecule has 0 spiro atoms. The van der Waals surface area contributed by atoms with Crippen LogP contribution in [0.2, 0.25) is 0 Å². The average Bonchev–Trinajstić information content (AvgIpc) is 3.25. The Morgan fingerprint density at radius 2 is 2.21 bits per heavy atom. The van der Waals surface area contributed by atoms with Crippen molar-refractivity contribution in [1.29, 1.82) is 0 Å². The molecule has 0 N–H and O–H groups in total. The number of carbonyl (C=O) groups is 1. The van der Waals surface area contributed by atoms with E-state index in [0.29, 0.717) is 31.4 Å². The van der Waals surface area contributed by atoms with Crippen LogP contribution in [0.3, 0.4) is 0 Å². The van der Waals surface area contributed by atoms with E-state index in [9.17, 15) is 4.79 Å². The molecule has 0 bridgehead atoms. The maximum absolute atomic E-state index is 12.7. The van der Waals surface area contributed by atoms with Gasteiger partial charge in [-0.3, -0.25) is 4.79 Å². The van der Waals surface area contributed by atoms with Crippen molar-refractivity contribution in [2.75, 3.05) is 19.7 Å². The van der Waals surface area contributed by atoms with Gasteiger partial charge in [-0.25, -0.2) is 0 Å². The van der Waals surface area contributed by atoms with Crippen molar-refractivity contribution >= 4 is 5.91 Å². The van der Waals surface area contributed by atoms with Crippen LogP contribution >= 0.6 is 0 Å². The number of aryl methyl sites for hydroxylation is 1. The van der Waals surface area contributed by atoms with Gasteiger partial charge in [0.1, 0.15) is 12.4 Å². The van der Waals surface area contributed by atoms with Crippen molar-refractivity contribution < 1.29 is 14.1 Å². The highest BCUT2D eigenvalue weighted by Gasteiger charge is 2.30. The summed E-state index contributed by atoms with van der Waals surface area (Å²) >= 11 is 0.